The van der Waals surface area contributed by atoms with Gasteiger partial charge in [-0.25, -0.2) is 0 Å². The Morgan fingerprint density at radius 2 is 1.82 bits per heavy atom. The summed E-state index contributed by atoms with van der Waals surface area (Å²) in [5.41, 5.74) is 3.23. The number of carbonyl (C=O) groups excluding carboxylic acids is 1. The second kappa shape index (κ2) is 8.90. The molecule has 0 atom stereocenters. The van der Waals surface area contributed by atoms with Gasteiger partial charge in [0.2, 0.25) is 5.91 Å². The fourth-order valence-corrected chi connectivity index (χ4v) is 3.78. The van der Waals surface area contributed by atoms with Crippen molar-refractivity contribution in [2.45, 2.75) is 66.7 Å². The van der Waals surface area contributed by atoms with Crippen LogP contribution in [0.2, 0.25) is 0 Å². The average molecular weight is 392 g/mol. The van der Waals surface area contributed by atoms with Gasteiger partial charge in [0.05, 0.1) is 21.9 Å². The molecule has 0 saturated heterocycles. The predicted octanol–water partition coefficient (Wildman–Crippen LogP) is 4.11. The predicted molar refractivity (Wildman–Crippen MR) is 112 cm³/mol. The van der Waals surface area contributed by atoms with Crippen LogP contribution in [0.1, 0.15) is 63.1 Å². The number of unbranched alkanes of at least 4 members (excludes halogenated alkanes) is 3. The highest BCUT2D eigenvalue weighted by atomic mass is 16.6. The fourth-order valence-electron chi connectivity index (χ4n) is 3.78. The molecule has 2 N–H and O–H groups in total. The lowest BCUT2D eigenvalue weighted by molar-refractivity contribution is -0.386. The van der Waals surface area contributed by atoms with Gasteiger partial charge < -0.3 is 15.3 Å². The van der Waals surface area contributed by atoms with Gasteiger partial charge >= 0.3 is 0 Å². The summed E-state index contributed by atoms with van der Waals surface area (Å²) < 4.78 is 0. The number of rotatable bonds is 8. The molecule has 0 radical (unpaired) electrons. The van der Waals surface area contributed by atoms with Crippen LogP contribution in [0.15, 0.2) is 0 Å². The summed E-state index contributed by atoms with van der Waals surface area (Å²) in [7, 11) is 0. The lowest BCUT2D eigenvalue weighted by atomic mass is 9.93. The third-order valence-electron chi connectivity index (χ3n) is 5.45. The van der Waals surface area contributed by atoms with E-state index in [0.717, 1.165) is 56.4 Å². The molecular weight excluding hydrogens is 358 g/mol. The molecule has 1 aliphatic rings. The van der Waals surface area contributed by atoms with Crippen LogP contribution in [0, 0.1) is 29.4 Å². The maximum absolute atomic E-state index is 12.7. The van der Waals surface area contributed by atoms with Crippen molar-refractivity contribution in [1.29, 1.82) is 0 Å². The van der Waals surface area contributed by atoms with E-state index in [9.17, 15) is 14.9 Å². The number of nitrogens with one attached hydrogen (secondary N) is 1. The van der Waals surface area contributed by atoms with Gasteiger partial charge in [-0.2, -0.15) is 0 Å². The summed E-state index contributed by atoms with van der Waals surface area (Å²) in [6.07, 6.45) is 4.57. The first-order chi connectivity index (χ1) is 13.1. The van der Waals surface area contributed by atoms with Gasteiger partial charge in [0.15, 0.2) is 0 Å². The van der Waals surface area contributed by atoms with Crippen LogP contribution < -0.4 is 10.2 Å². The number of hydrogen-bond donors (Lipinski definition) is 2. The SMILES string of the molecule is Cc1c2c(c(NC(=O)C(C)(C)C)c(C)c1[N+](=O)[O-])N(CCCCCCO)CC2. The molecule has 0 aromatic heterocycles. The third kappa shape index (κ3) is 4.63. The Bertz CT molecular complexity index is 753. The number of benzene rings is 1. The van der Waals surface area contributed by atoms with Crippen LogP contribution in [0.3, 0.4) is 0 Å². The molecule has 7 heteroatoms. The highest BCUT2D eigenvalue weighted by Crippen LogP contribution is 2.45. The van der Waals surface area contributed by atoms with E-state index in [1.165, 1.54) is 0 Å². The van der Waals surface area contributed by atoms with E-state index in [4.69, 9.17) is 5.11 Å². The molecule has 0 fully saturated rings. The number of nitrogens with zero attached hydrogens (tertiary/aromatic N) is 2. The van der Waals surface area contributed by atoms with E-state index < -0.39 is 5.41 Å². The van der Waals surface area contributed by atoms with Crippen LogP contribution >= 0.6 is 0 Å². The number of hydrogen-bond acceptors (Lipinski definition) is 5. The molecule has 156 valence electrons. The van der Waals surface area contributed by atoms with Crippen molar-refractivity contribution in [2.75, 3.05) is 29.9 Å². The number of fused-ring (bicyclic) bond motifs is 1. The molecule has 0 spiro atoms. The highest BCUT2D eigenvalue weighted by molar-refractivity contribution is 6.00. The quantitative estimate of drug-likeness (QED) is 0.395. The Labute approximate surface area is 167 Å². The van der Waals surface area contributed by atoms with Gasteiger partial charge in [0.25, 0.3) is 5.69 Å². The average Bonchev–Trinajstić information content (AvgIpc) is 3.01. The number of anilines is 2. The monoisotopic (exact) mass is 391 g/mol. The molecule has 1 aromatic rings. The summed E-state index contributed by atoms with van der Waals surface area (Å²) >= 11 is 0. The maximum Gasteiger partial charge on any atom is 0.277 e. The van der Waals surface area contributed by atoms with Gasteiger partial charge in [0, 0.05) is 30.7 Å². The van der Waals surface area contributed by atoms with Gasteiger partial charge in [-0.15, -0.1) is 0 Å². The standard InChI is InChI=1S/C21H33N3O4/c1-14-16-10-12-23(11-8-6-7-9-13-25)19(16)17(15(2)18(14)24(27)28)22-20(26)21(3,4)5/h25H,6-13H2,1-5H3,(H,22,26). The van der Waals surface area contributed by atoms with Crippen LogP contribution in [-0.2, 0) is 11.2 Å². The van der Waals surface area contributed by atoms with Crippen molar-refractivity contribution in [3.05, 3.63) is 26.8 Å². The molecule has 0 unspecified atom stereocenters. The fraction of sp³-hybridized carbons (Fsp3) is 0.667. The summed E-state index contributed by atoms with van der Waals surface area (Å²) in [5, 5.41) is 23.6. The first kappa shape index (κ1) is 22.1. The summed E-state index contributed by atoms with van der Waals surface area (Å²) in [5.74, 6) is -0.147. The number of nitro benzene ring substituents is 1. The van der Waals surface area contributed by atoms with Crippen molar-refractivity contribution < 1.29 is 14.8 Å². The summed E-state index contributed by atoms with van der Waals surface area (Å²) in [6, 6.07) is 0. The van der Waals surface area contributed by atoms with Crippen molar-refractivity contribution in [3.8, 4) is 0 Å². The van der Waals surface area contributed by atoms with Gasteiger partial charge in [-0.3, -0.25) is 14.9 Å². The molecule has 1 heterocycles. The molecule has 2 rings (SSSR count). The molecule has 0 aliphatic carbocycles. The number of carbonyl (C=O) groups is 1. The first-order valence-electron chi connectivity index (χ1n) is 10.1. The van der Waals surface area contributed by atoms with Gasteiger partial charge in [-0.1, -0.05) is 33.6 Å². The second-order valence-corrected chi connectivity index (χ2v) is 8.64. The Hall–Kier alpha value is -2.15. The first-order valence-corrected chi connectivity index (χ1v) is 10.1. The largest absolute Gasteiger partial charge is 0.396 e. The minimum Gasteiger partial charge on any atom is -0.396 e. The molecule has 7 nitrogen and oxygen atoms in total. The number of aliphatic hydroxyl groups excluding tert-OH is 1. The summed E-state index contributed by atoms with van der Waals surface area (Å²) in [4.78, 5) is 26.3. The Balaban J connectivity index is 2.42. The number of nitro groups is 1. The van der Waals surface area contributed by atoms with Crippen LogP contribution in [0.25, 0.3) is 0 Å². The normalized spacial score (nSPS) is 13.6. The minimum atomic E-state index is -0.591. The lowest BCUT2D eigenvalue weighted by Gasteiger charge is -2.26. The van der Waals surface area contributed by atoms with E-state index in [2.05, 4.69) is 10.2 Å². The van der Waals surface area contributed by atoms with Gasteiger partial charge in [-0.05, 0) is 38.7 Å². The zero-order chi connectivity index (χ0) is 21.1. The van der Waals surface area contributed by atoms with E-state index in [0.29, 0.717) is 16.8 Å². The van der Waals surface area contributed by atoms with E-state index >= 15 is 0 Å². The Morgan fingerprint density at radius 3 is 2.39 bits per heavy atom. The molecule has 1 aliphatic heterocycles. The second-order valence-electron chi connectivity index (χ2n) is 8.64. The summed E-state index contributed by atoms with van der Waals surface area (Å²) in [6.45, 7) is 10.9. The van der Waals surface area contributed by atoms with Crippen molar-refractivity contribution >= 4 is 23.0 Å². The maximum atomic E-state index is 12.7. The third-order valence-corrected chi connectivity index (χ3v) is 5.45. The molecular formula is C21H33N3O4. The smallest absolute Gasteiger partial charge is 0.277 e. The highest BCUT2D eigenvalue weighted by Gasteiger charge is 2.34. The molecule has 1 aromatic carbocycles. The molecule has 28 heavy (non-hydrogen) atoms. The van der Waals surface area contributed by atoms with Crippen LogP contribution in [0.5, 0.6) is 0 Å². The molecule has 0 saturated carbocycles. The van der Waals surface area contributed by atoms with Crippen molar-refractivity contribution in [1.82, 2.24) is 0 Å². The zero-order valence-electron chi connectivity index (χ0n) is 17.7. The molecule has 0 bridgehead atoms. The molecule has 1 amide bonds. The topological polar surface area (TPSA) is 95.7 Å². The zero-order valence-corrected chi connectivity index (χ0v) is 17.7. The van der Waals surface area contributed by atoms with E-state index in [-0.39, 0.29) is 23.1 Å². The Morgan fingerprint density at radius 1 is 1.18 bits per heavy atom. The van der Waals surface area contributed by atoms with E-state index in [1.807, 2.05) is 27.7 Å². The van der Waals surface area contributed by atoms with Crippen LogP contribution in [-0.4, -0.2) is 35.6 Å². The lowest BCUT2D eigenvalue weighted by Crippen LogP contribution is -2.30. The van der Waals surface area contributed by atoms with Gasteiger partial charge in [0.1, 0.15) is 0 Å². The van der Waals surface area contributed by atoms with Crippen molar-refractivity contribution in [2.24, 2.45) is 5.41 Å². The Kier molecular flexibility index (Phi) is 7.04. The van der Waals surface area contributed by atoms with Crippen molar-refractivity contribution in [3.63, 3.8) is 0 Å². The number of aliphatic hydroxyl groups is 1. The van der Waals surface area contributed by atoms with Crippen LogP contribution in [0.4, 0.5) is 17.1 Å². The number of amides is 1. The van der Waals surface area contributed by atoms with E-state index in [1.54, 1.807) is 6.92 Å². The minimum absolute atomic E-state index is 0.104.